The van der Waals surface area contributed by atoms with Gasteiger partial charge in [-0.05, 0) is 34.7 Å². The van der Waals surface area contributed by atoms with Crippen molar-refractivity contribution in [1.29, 1.82) is 0 Å². The van der Waals surface area contributed by atoms with E-state index in [1.807, 2.05) is 6.07 Å². The van der Waals surface area contributed by atoms with Gasteiger partial charge in [-0.1, -0.05) is 62.0 Å². The summed E-state index contributed by atoms with van der Waals surface area (Å²) in [6.45, 7) is 4.63. The Balaban J connectivity index is 1.85. The zero-order valence-corrected chi connectivity index (χ0v) is 16.2. The van der Waals surface area contributed by atoms with Crippen molar-refractivity contribution in [2.75, 3.05) is 0 Å². The number of nitrogens with zero attached hydrogens (tertiary/aromatic N) is 1. The summed E-state index contributed by atoms with van der Waals surface area (Å²) in [6, 6.07) is 17.0. The minimum absolute atomic E-state index is 0.238. The lowest BCUT2D eigenvalue weighted by Gasteiger charge is -2.12. The second-order valence-electron chi connectivity index (χ2n) is 6.15. The Morgan fingerprint density at radius 1 is 1.19 bits per heavy atom. The Kier molecular flexibility index (Phi) is 5.96. The Morgan fingerprint density at radius 3 is 2.65 bits per heavy atom. The quantitative estimate of drug-likeness (QED) is 0.559. The van der Waals surface area contributed by atoms with Gasteiger partial charge in [-0.25, -0.2) is 9.78 Å². The van der Waals surface area contributed by atoms with E-state index in [0.717, 1.165) is 14.1 Å². The third kappa shape index (κ3) is 4.86. The van der Waals surface area contributed by atoms with E-state index in [2.05, 4.69) is 66.6 Å². The molecule has 6 heteroatoms. The molecule has 0 spiro atoms. The molecule has 26 heavy (non-hydrogen) atoms. The van der Waals surface area contributed by atoms with E-state index in [-0.39, 0.29) is 6.54 Å². The first-order valence-electron chi connectivity index (χ1n) is 8.31. The van der Waals surface area contributed by atoms with Gasteiger partial charge in [0.2, 0.25) is 0 Å². The predicted molar refractivity (Wildman–Crippen MR) is 107 cm³/mol. The molecule has 3 rings (SSSR count). The Bertz CT molecular complexity index is 892. The maximum atomic E-state index is 10.6. The molecule has 0 saturated heterocycles. The van der Waals surface area contributed by atoms with E-state index < -0.39 is 6.09 Å². The monoisotopic (exact) mass is 384 g/mol. The standard InChI is InChI=1S/C20H20N2O2S2/c1-13(2)15-8-16(14-6-4-3-5-7-14)10-17(9-15)25-19-12-21-18(26-19)11-22-20(23)24/h3-10,12-13,22H,11H2,1-2H3,(H,23,24). The van der Waals surface area contributed by atoms with Crippen molar-refractivity contribution < 1.29 is 9.90 Å². The summed E-state index contributed by atoms with van der Waals surface area (Å²) in [7, 11) is 0. The summed E-state index contributed by atoms with van der Waals surface area (Å²) in [6.07, 6.45) is 0.768. The number of aromatic nitrogens is 1. The van der Waals surface area contributed by atoms with Gasteiger partial charge in [0.15, 0.2) is 0 Å². The first-order chi connectivity index (χ1) is 12.5. The minimum atomic E-state index is -1.04. The number of nitrogens with one attached hydrogen (secondary N) is 1. The van der Waals surface area contributed by atoms with Gasteiger partial charge in [-0.15, -0.1) is 11.3 Å². The van der Waals surface area contributed by atoms with Crippen LogP contribution in [0, 0.1) is 0 Å². The van der Waals surface area contributed by atoms with Crippen molar-refractivity contribution in [3.63, 3.8) is 0 Å². The minimum Gasteiger partial charge on any atom is -0.465 e. The highest BCUT2D eigenvalue weighted by molar-refractivity contribution is 8.01. The summed E-state index contributed by atoms with van der Waals surface area (Å²) < 4.78 is 1.05. The van der Waals surface area contributed by atoms with Crippen LogP contribution in [0.15, 0.2) is 63.8 Å². The van der Waals surface area contributed by atoms with Crippen LogP contribution >= 0.6 is 23.1 Å². The maximum absolute atomic E-state index is 10.6. The number of carboxylic acid groups (broad SMARTS) is 1. The molecule has 0 fully saturated rings. The van der Waals surface area contributed by atoms with Gasteiger partial charge in [0.05, 0.1) is 17.0 Å². The highest BCUT2D eigenvalue weighted by Crippen LogP contribution is 2.36. The van der Waals surface area contributed by atoms with Crippen molar-refractivity contribution in [2.45, 2.75) is 35.4 Å². The van der Waals surface area contributed by atoms with Crippen LogP contribution in [0.2, 0.25) is 0 Å². The number of benzene rings is 2. The first-order valence-corrected chi connectivity index (χ1v) is 9.94. The lowest BCUT2D eigenvalue weighted by atomic mass is 9.97. The largest absolute Gasteiger partial charge is 0.465 e. The SMILES string of the molecule is CC(C)c1cc(Sc2cnc(CNC(=O)O)s2)cc(-c2ccccc2)c1. The number of hydrogen-bond acceptors (Lipinski definition) is 4. The molecule has 3 aromatic rings. The zero-order chi connectivity index (χ0) is 18.5. The molecule has 0 bridgehead atoms. The van der Waals surface area contributed by atoms with Gasteiger partial charge < -0.3 is 10.4 Å². The summed E-state index contributed by atoms with van der Waals surface area (Å²) in [5.74, 6) is 0.440. The van der Waals surface area contributed by atoms with Gasteiger partial charge in [-0.3, -0.25) is 0 Å². The molecule has 2 aromatic carbocycles. The maximum Gasteiger partial charge on any atom is 0.405 e. The highest BCUT2D eigenvalue weighted by Gasteiger charge is 2.10. The van der Waals surface area contributed by atoms with Crippen molar-refractivity contribution in [3.8, 4) is 11.1 Å². The van der Waals surface area contributed by atoms with E-state index in [9.17, 15) is 4.79 Å². The van der Waals surface area contributed by atoms with Crippen LogP contribution in [-0.2, 0) is 6.54 Å². The van der Waals surface area contributed by atoms with E-state index in [4.69, 9.17) is 5.11 Å². The van der Waals surface area contributed by atoms with Crippen LogP contribution in [0.3, 0.4) is 0 Å². The number of thiazole rings is 1. The van der Waals surface area contributed by atoms with Crippen molar-refractivity contribution >= 4 is 29.2 Å². The van der Waals surface area contributed by atoms with E-state index in [0.29, 0.717) is 5.92 Å². The number of hydrogen-bond donors (Lipinski definition) is 2. The van der Waals surface area contributed by atoms with Crippen molar-refractivity contribution in [3.05, 3.63) is 65.3 Å². The molecule has 0 saturated carbocycles. The third-order valence-electron chi connectivity index (χ3n) is 3.84. The Labute approximate surface area is 161 Å². The molecule has 0 aliphatic heterocycles. The van der Waals surface area contributed by atoms with Gasteiger partial charge in [0.25, 0.3) is 0 Å². The van der Waals surface area contributed by atoms with Crippen molar-refractivity contribution in [1.82, 2.24) is 10.3 Å². The molecule has 0 atom stereocenters. The fourth-order valence-corrected chi connectivity index (χ4v) is 4.55. The van der Waals surface area contributed by atoms with E-state index >= 15 is 0 Å². The molecule has 2 N–H and O–H groups in total. The van der Waals surface area contributed by atoms with Crippen molar-refractivity contribution in [2.24, 2.45) is 0 Å². The van der Waals surface area contributed by atoms with Crippen LogP contribution in [0.25, 0.3) is 11.1 Å². The Hall–Kier alpha value is -2.31. The van der Waals surface area contributed by atoms with Gasteiger partial charge in [0.1, 0.15) is 5.01 Å². The molecule has 0 aliphatic carbocycles. The number of carbonyl (C=O) groups is 1. The molecule has 1 amide bonds. The predicted octanol–water partition coefficient (Wildman–Crippen LogP) is 5.85. The molecule has 4 nitrogen and oxygen atoms in total. The third-order valence-corrected chi connectivity index (χ3v) is 5.91. The van der Waals surface area contributed by atoms with Gasteiger partial charge in [0, 0.05) is 4.90 Å². The first kappa shape index (κ1) is 18.5. The molecule has 134 valence electrons. The molecular weight excluding hydrogens is 364 g/mol. The van der Waals surface area contributed by atoms with Crippen LogP contribution in [0.4, 0.5) is 4.79 Å². The van der Waals surface area contributed by atoms with Crippen LogP contribution in [0.1, 0.15) is 30.3 Å². The number of amides is 1. The van der Waals surface area contributed by atoms with E-state index in [1.165, 1.54) is 28.0 Å². The second-order valence-corrected chi connectivity index (χ2v) is 8.63. The van der Waals surface area contributed by atoms with Crippen LogP contribution in [0.5, 0.6) is 0 Å². The molecular formula is C20H20N2O2S2. The van der Waals surface area contributed by atoms with Crippen LogP contribution in [-0.4, -0.2) is 16.2 Å². The fraction of sp³-hybridized carbons (Fsp3) is 0.200. The molecule has 0 unspecified atom stereocenters. The molecule has 1 aromatic heterocycles. The smallest absolute Gasteiger partial charge is 0.405 e. The average Bonchev–Trinajstić information content (AvgIpc) is 3.08. The summed E-state index contributed by atoms with van der Waals surface area (Å²) >= 11 is 3.18. The van der Waals surface area contributed by atoms with Crippen LogP contribution < -0.4 is 5.32 Å². The normalized spacial score (nSPS) is 10.9. The topological polar surface area (TPSA) is 62.2 Å². The lowest BCUT2D eigenvalue weighted by Crippen LogP contribution is -2.19. The molecule has 0 radical (unpaired) electrons. The highest BCUT2D eigenvalue weighted by atomic mass is 32.2. The summed E-state index contributed by atoms with van der Waals surface area (Å²) in [5, 5.41) is 11.8. The molecule has 1 heterocycles. The average molecular weight is 385 g/mol. The Morgan fingerprint density at radius 2 is 1.96 bits per heavy atom. The summed E-state index contributed by atoms with van der Waals surface area (Å²) in [5.41, 5.74) is 3.70. The molecule has 0 aliphatic rings. The second kappa shape index (κ2) is 8.38. The summed E-state index contributed by atoms with van der Waals surface area (Å²) in [4.78, 5) is 16.1. The van der Waals surface area contributed by atoms with E-state index in [1.54, 1.807) is 18.0 Å². The fourth-order valence-electron chi connectivity index (χ4n) is 2.50. The number of rotatable bonds is 6. The zero-order valence-electron chi connectivity index (χ0n) is 14.6. The van der Waals surface area contributed by atoms with Gasteiger partial charge >= 0.3 is 6.09 Å². The van der Waals surface area contributed by atoms with Gasteiger partial charge in [-0.2, -0.15) is 0 Å². The lowest BCUT2D eigenvalue weighted by molar-refractivity contribution is 0.194.